The number of aryl methyl sites for hydroxylation is 1. The van der Waals surface area contributed by atoms with Crippen LogP contribution in [0.4, 0.5) is 0 Å². The zero-order chi connectivity index (χ0) is 14.6. The number of nitrogens with zero attached hydrogens (tertiary/aromatic N) is 2. The number of carboxylic acids is 1. The number of carboxylic acid groups (broad SMARTS) is 1. The van der Waals surface area contributed by atoms with Crippen molar-refractivity contribution in [2.24, 2.45) is 0 Å². The molecule has 0 bridgehead atoms. The fourth-order valence-electron chi connectivity index (χ4n) is 1.78. The van der Waals surface area contributed by atoms with Gasteiger partial charge in [-0.1, -0.05) is 0 Å². The van der Waals surface area contributed by atoms with Crippen LogP contribution in [0.25, 0.3) is 0 Å². The SMILES string of the molecule is Cc1cncc(C(=O)N(CCC(=O)O)C(C)(C)C)c1. The average Bonchev–Trinajstić information content (AvgIpc) is 2.26. The Kier molecular flexibility index (Phi) is 4.64. The van der Waals surface area contributed by atoms with E-state index < -0.39 is 11.5 Å². The molecule has 0 saturated heterocycles. The molecule has 0 aliphatic heterocycles. The minimum atomic E-state index is -0.913. The number of carbonyl (C=O) groups excluding carboxylic acids is 1. The van der Waals surface area contributed by atoms with E-state index in [0.717, 1.165) is 5.56 Å². The number of rotatable bonds is 4. The largest absolute Gasteiger partial charge is 0.481 e. The van der Waals surface area contributed by atoms with Gasteiger partial charge in [-0.3, -0.25) is 14.6 Å². The standard InChI is InChI=1S/C14H20N2O3/c1-10-7-11(9-15-8-10)13(19)16(14(2,3)4)6-5-12(17)18/h7-9H,5-6H2,1-4H3,(H,17,18). The van der Waals surface area contributed by atoms with Crippen molar-refractivity contribution < 1.29 is 14.7 Å². The van der Waals surface area contributed by atoms with Gasteiger partial charge in [-0.15, -0.1) is 0 Å². The molecule has 19 heavy (non-hydrogen) atoms. The van der Waals surface area contributed by atoms with E-state index in [2.05, 4.69) is 4.98 Å². The summed E-state index contributed by atoms with van der Waals surface area (Å²) >= 11 is 0. The Morgan fingerprint density at radius 1 is 1.32 bits per heavy atom. The number of amides is 1. The molecule has 104 valence electrons. The topological polar surface area (TPSA) is 70.5 Å². The molecule has 5 nitrogen and oxygen atoms in total. The highest BCUT2D eigenvalue weighted by Gasteiger charge is 2.27. The summed E-state index contributed by atoms with van der Waals surface area (Å²) in [5, 5.41) is 8.77. The molecule has 1 N–H and O–H groups in total. The molecule has 1 aromatic rings. The monoisotopic (exact) mass is 264 g/mol. The van der Waals surface area contributed by atoms with Gasteiger partial charge in [0.1, 0.15) is 0 Å². The first-order valence-corrected chi connectivity index (χ1v) is 6.17. The molecular weight excluding hydrogens is 244 g/mol. The molecule has 0 radical (unpaired) electrons. The summed E-state index contributed by atoms with van der Waals surface area (Å²) in [6.07, 6.45) is 3.12. The van der Waals surface area contributed by atoms with Crippen molar-refractivity contribution in [3.05, 3.63) is 29.6 Å². The molecule has 1 amide bonds. The predicted octanol–water partition coefficient (Wildman–Crippen LogP) is 2.11. The van der Waals surface area contributed by atoms with Crippen LogP contribution in [0.5, 0.6) is 0 Å². The van der Waals surface area contributed by atoms with Crippen LogP contribution in [-0.2, 0) is 4.79 Å². The van der Waals surface area contributed by atoms with Crippen molar-refractivity contribution in [2.75, 3.05) is 6.54 Å². The van der Waals surface area contributed by atoms with Gasteiger partial charge >= 0.3 is 5.97 Å². The Hall–Kier alpha value is -1.91. The second-order valence-corrected chi connectivity index (χ2v) is 5.52. The van der Waals surface area contributed by atoms with E-state index in [-0.39, 0.29) is 18.9 Å². The summed E-state index contributed by atoms with van der Waals surface area (Å²) in [4.78, 5) is 28.7. The summed E-state index contributed by atoms with van der Waals surface area (Å²) < 4.78 is 0. The molecule has 0 aliphatic carbocycles. The fraction of sp³-hybridized carbons (Fsp3) is 0.500. The molecule has 0 saturated carbocycles. The van der Waals surface area contributed by atoms with Crippen LogP contribution < -0.4 is 0 Å². The van der Waals surface area contributed by atoms with Gasteiger partial charge in [-0.25, -0.2) is 0 Å². The number of aliphatic carboxylic acids is 1. The molecule has 0 unspecified atom stereocenters. The molecular formula is C14H20N2O3. The van der Waals surface area contributed by atoms with Crippen LogP contribution in [-0.4, -0.2) is 39.0 Å². The number of carbonyl (C=O) groups is 2. The van der Waals surface area contributed by atoms with E-state index in [1.54, 1.807) is 17.2 Å². The van der Waals surface area contributed by atoms with E-state index >= 15 is 0 Å². The van der Waals surface area contributed by atoms with Crippen molar-refractivity contribution in [1.29, 1.82) is 0 Å². The van der Waals surface area contributed by atoms with Crippen molar-refractivity contribution in [2.45, 2.75) is 39.7 Å². The minimum absolute atomic E-state index is 0.0672. The summed E-state index contributed by atoms with van der Waals surface area (Å²) in [6, 6.07) is 1.76. The number of pyridine rings is 1. The third-order valence-electron chi connectivity index (χ3n) is 2.73. The van der Waals surface area contributed by atoms with Gasteiger partial charge in [0.05, 0.1) is 12.0 Å². The van der Waals surface area contributed by atoms with Gasteiger partial charge in [0.25, 0.3) is 5.91 Å². The summed E-state index contributed by atoms with van der Waals surface area (Å²) in [7, 11) is 0. The lowest BCUT2D eigenvalue weighted by molar-refractivity contribution is -0.137. The van der Waals surface area contributed by atoms with Crippen molar-refractivity contribution in [3.63, 3.8) is 0 Å². The Bertz CT molecular complexity index is 478. The Labute approximate surface area is 113 Å². The van der Waals surface area contributed by atoms with E-state index in [1.807, 2.05) is 27.7 Å². The van der Waals surface area contributed by atoms with Crippen molar-refractivity contribution >= 4 is 11.9 Å². The lowest BCUT2D eigenvalue weighted by Crippen LogP contribution is -2.46. The maximum absolute atomic E-state index is 12.4. The molecule has 1 heterocycles. The van der Waals surface area contributed by atoms with Gasteiger partial charge in [0, 0.05) is 24.5 Å². The second-order valence-electron chi connectivity index (χ2n) is 5.52. The van der Waals surface area contributed by atoms with E-state index in [9.17, 15) is 9.59 Å². The summed E-state index contributed by atoms with van der Waals surface area (Å²) in [5.74, 6) is -1.10. The highest BCUT2D eigenvalue weighted by molar-refractivity contribution is 5.94. The highest BCUT2D eigenvalue weighted by Crippen LogP contribution is 2.18. The molecule has 0 fully saturated rings. The Morgan fingerprint density at radius 2 is 1.95 bits per heavy atom. The van der Waals surface area contributed by atoms with Crippen LogP contribution in [0.15, 0.2) is 18.5 Å². The average molecular weight is 264 g/mol. The second kappa shape index (κ2) is 5.82. The normalized spacial score (nSPS) is 11.2. The van der Waals surface area contributed by atoms with Crippen molar-refractivity contribution in [3.8, 4) is 0 Å². The quantitative estimate of drug-likeness (QED) is 0.904. The Balaban J connectivity index is 2.97. The maximum atomic E-state index is 12.4. The zero-order valence-electron chi connectivity index (χ0n) is 11.8. The van der Waals surface area contributed by atoms with Gasteiger partial charge in [-0.05, 0) is 39.3 Å². The van der Waals surface area contributed by atoms with Gasteiger partial charge in [0.2, 0.25) is 0 Å². The first-order valence-electron chi connectivity index (χ1n) is 6.17. The fourth-order valence-corrected chi connectivity index (χ4v) is 1.78. The smallest absolute Gasteiger partial charge is 0.305 e. The molecule has 1 aromatic heterocycles. The van der Waals surface area contributed by atoms with Crippen LogP contribution in [0, 0.1) is 6.92 Å². The van der Waals surface area contributed by atoms with E-state index in [0.29, 0.717) is 5.56 Å². The lowest BCUT2D eigenvalue weighted by atomic mass is 10.0. The first-order chi connectivity index (χ1) is 8.71. The van der Waals surface area contributed by atoms with Crippen molar-refractivity contribution in [1.82, 2.24) is 9.88 Å². The lowest BCUT2D eigenvalue weighted by Gasteiger charge is -2.35. The first kappa shape index (κ1) is 15.1. The van der Waals surface area contributed by atoms with Crippen LogP contribution in [0.1, 0.15) is 43.1 Å². The van der Waals surface area contributed by atoms with Crippen LogP contribution in [0.3, 0.4) is 0 Å². The molecule has 0 aromatic carbocycles. The third kappa shape index (κ3) is 4.35. The number of aromatic nitrogens is 1. The van der Waals surface area contributed by atoms with Gasteiger partial charge in [0.15, 0.2) is 0 Å². The molecule has 0 aliphatic rings. The van der Waals surface area contributed by atoms with E-state index in [1.165, 1.54) is 6.20 Å². The summed E-state index contributed by atoms with van der Waals surface area (Å²) in [5.41, 5.74) is 0.953. The van der Waals surface area contributed by atoms with Gasteiger partial charge in [-0.2, -0.15) is 0 Å². The van der Waals surface area contributed by atoms with Crippen LogP contribution in [0.2, 0.25) is 0 Å². The number of hydrogen-bond acceptors (Lipinski definition) is 3. The maximum Gasteiger partial charge on any atom is 0.305 e. The highest BCUT2D eigenvalue weighted by atomic mass is 16.4. The molecule has 5 heteroatoms. The summed E-state index contributed by atoms with van der Waals surface area (Å²) in [6.45, 7) is 7.70. The molecule has 0 spiro atoms. The molecule has 0 atom stereocenters. The number of hydrogen-bond donors (Lipinski definition) is 1. The zero-order valence-corrected chi connectivity index (χ0v) is 11.8. The minimum Gasteiger partial charge on any atom is -0.481 e. The van der Waals surface area contributed by atoms with Crippen LogP contribution >= 0.6 is 0 Å². The molecule has 1 rings (SSSR count). The van der Waals surface area contributed by atoms with Gasteiger partial charge < -0.3 is 10.0 Å². The predicted molar refractivity (Wildman–Crippen MR) is 72.0 cm³/mol. The third-order valence-corrected chi connectivity index (χ3v) is 2.73. The van der Waals surface area contributed by atoms with E-state index in [4.69, 9.17) is 5.11 Å². The Morgan fingerprint density at radius 3 is 2.42 bits per heavy atom.